The Morgan fingerprint density at radius 3 is 2.60 bits per heavy atom. The quantitative estimate of drug-likeness (QED) is 0.525. The number of aryl methyl sites for hydroxylation is 1. The number of nitro benzene ring substituents is 1. The van der Waals surface area contributed by atoms with Gasteiger partial charge in [0, 0.05) is 11.6 Å². The first-order valence-electron chi connectivity index (χ1n) is 5.86. The monoisotopic (exact) mass is 289 g/mol. The van der Waals surface area contributed by atoms with Crippen LogP contribution in [0.2, 0.25) is 5.02 Å². The first kappa shape index (κ1) is 14.0. The van der Waals surface area contributed by atoms with Gasteiger partial charge in [-0.2, -0.15) is 5.10 Å². The van der Waals surface area contributed by atoms with Gasteiger partial charge in [0.2, 0.25) is 0 Å². The maximum atomic E-state index is 10.8. The molecule has 0 spiro atoms. The Morgan fingerprint density at radius 1 is 1.25 bits per heavy atom. The van der Waals surface area contributed by atoms with Crippen molar-refractivity contribution in [2.45, 2.75) is 6.92 Å². The van der Waals surface area contributed by atoms with Crippen molar-refractivity contribution in [1.29, 1.82) is 0 Å². The van der Waals surface area contributed by atoms with E-state index in [0.29, 0.717) is 5.56 Å². The van der Waals surface area contributed by atoms with Crippen LogP contribution in [0.5, 0.6) is 0 Å². The van der Waals surface area contributed by atoms with Gasteiger partial charge in [0.05, 0.1) is 16.8 Å². The van der Waals surface area contributed by atoms with Crippen molar-refractivity contribution in [2.75, 3.05) is 5.43 Å². The van der Waals surface area contributed by atoms with Gasteiger partial charge in [0.15, 0.2) is 0 Å². The molecule has 2 rings (SSSR count). The largest absolute Gasteiger partial charge is 0.288 e. The first-order chi connectivity index (χ1) is 9.56. The molecule has 0 aliphatic carbocycles. The summed E-state index contributed by atoms with van der Waals surface area (Å²) in [5.41, 5.74) is 5.32. The number of hydrazone groups is 1. The normalized spacial score (nSPS) is 10.7. The van der Waals surface area contributed by atoms with Crippen LogP contribution in [0.4, 0.5) is 11.4 Å². The van der Waals surface area contributed by atoms with Crippen LogP contribution in [0.3, 0.4) is 0 Å². The molecule has 0 radical (unpaired) electrons. The molecule has 0 aromatic heterocycles. The number of nitrogens with one attached hydrogen (secondary N) is 1. The summed E-state index contributed by atoms with van der Waals surface area (Å²) in [7, 11) is 0. The van der Waals surface area contributed by atoms with Gasteiger partial charge in [0.1, 0.15) is 5.02 Å². The number of anilines is 1. The van der Waals surface area contributed by atoms with Crippen LogP contribution in [0.25, 0.3) is 0 Å². The van der Waals surface area contributed by atoms with E-state index in [1.807, 2.05) is 31.2 Å². The van der Waals surface area contributed by atoms with Gasteiger partial charge in [0.25, 0.3) is 5.69 Å². The highest BCUT2D eigenvalue weighted by molar-refractivity contribution is 6.32. The summed E-state index contributed by atoms with van der Waals surface area (Å²) < 4.78 is 0. The average molecular weight is 290 g/mol. The molecule has 5 nitrogen and oxygen atoms in total. The minimum absolute atomic E-state index is 0.110. The molecule has 102 valence electrons. The fourth-order valence-corrected chi connectivity index (χ4v) is 1.75. The minimum atomic E-state index is -0.521. The van der Waals surface area contributed by atoms with E-state index in [-0.39, 0.29) is 10.7 Å². The fourth-order valence-electron chi connectivity index (χ4n) is 1.56. The van der Waals surface area contributed by atoms with Gasteiger partial charge in [-0.05, 0) is 25.1 Å². The van der Waals surface area contributed by atoms with E-state index in [4.69, 9.17) is 11.6 Å². The zero-order valence-corrected chi connectivity index (χ0v) is 11.5. The Morgan fingerprint density at radius 2 is 1.95 bits per heavy atom. The van der Waals surface area contributed by atoms with E-state index in [9.17, 15) is 10.1 Å². The third-order valence-electron chi connectivity index (χ3n) is 2.63. The molecule has 0 aliphatic rings. The molecule has 0 amide bonds. The molecule has 1 N–H and O–H groups in total. The van der Waals surface area contributed by atoms with Crippen molar-refractivity contribution in [1.82, 2.24) is 0 Å². The smallest absolute Gasteiger partial charge is 0.279 e. The van der Waals surface area contributed by atoms with Crippen LogP contribution in [0.15, 0.2) is 47.6 Å². The third-order valence-corrected chi connectivity index (χ3v) is 2.95. The lowest BCUT2D eigenvalue weighted by molar-refractivity contribution is -0.384. The maximum absolute atomic E-state index is 10.8. The zero-order chi connectivity index (χ0) is 14.5. The summed E-state index contributed by atoms with van der Waals surface area (Å²) in [6, 6.07) is 12.2. The molecular formula is C14H12ClN3O2. The predicted molar refractivity (Wildman–Crippen MR) is 80.5 cm³/mol. The number of hydrogen-bond acceptors (Lipinski definition) is 4. The van der Waals surface area contributed by atoms with Gasteiger partial charge in [-0.25, -0.2) is 0 Å². The van der Waals surface area contributed by atoms with Crippen LogP contribution in [0.1, 0.15) is 11.1 Å². The zero-order valence-electron chi connectivity index (χ0n) is 10.7. The van der Waals surface area contributed by atoms with Gasteiger partial charge in [-0.3, -0.25) is 15.5 Å². The molecule has 0 aliphatic heterocycles. The lowest BCUT2D eigenvalue weighted by atomic mass is 10.2. The van der Waals surface area contributed by atoms with E-state index >= 15 is 0 Å². The van der Waals surface area contributed by atoms with Crippen LogP contribution in [-0.4, -0.2) is 11.1 Å². The summed E-state index contributed by atoms with van der Waals surface area (Å²) in [5, 5.41) is 14.9. The Balaban J connectivity index is 2.10. The summed E-state index contributed by atoms with van der Waals surface area (Å²) in [6.07, 6.45) is 1.50. The summed E-state index contributed by atoms with van der Waals surface area (Å²) >= 11 is 5.73. The van der Waals surface area contributed by atoms with E-state index in [1.54, 1.807) is 6.07 Å². The lowest BCUT2D eigenvalue weighted by Gasteiger charge is -2.00. The van der Waals surface area contributed by atoms with Crippen molar-refractivity contribution in [3.05, 3.63) is 68.7 Å². The van der Waals surface area contributed by atoms with Crippen molar-refractivity contribution in [3.63, 3.8) is 0 Å². The highest BCUT2D eigenvalue weighted by Crippen LogP contribution is 2.24. The van der Waals surface area contributed by atoms with Crippen molar-refractivity contribution >= 4 is 29.2 Å². The van der Waals surface area contributed by atoms with E-state index in [2.05, 4.69) is 10.5 Å². The second kappa shape index (κ2) is 6.16. The van der Waals surface area contributed by atoms with Crippen LogP contribution < -0.4 is 5.43 Å². The molecule has 0 saturated carbocycles. The molecule has 0 atom stereocenters. The first-order valence-corrected chi connectivity index (χ1v) is 6.24. The number of halogens is 1. The van der Waals surface area contributed by atoms with Gasteiger partial charge >= 0.3 is 0 Å². The number of rotatable bonds is 4. The third kappa shape index (κ3) is 3.55. The van der Waals surface area contributed by atoms with Crippen LogP contribution in [-0.2, 0) is 0 Å². The summed E-state index contributed by atoms with van der Waals surface area (Å²) in [6.45, 7) is 2.00. The van der Waals surface area contributed by atoms with Gasteiger partial charge < -0.3 is 0 Å². The Labute approximate surface area is 121 Å². The number of nitrogens with zero attached hydrogens (tertiary/aromatic N) is 2. The van der Waals surface area contributed by atoms with E-state index in [1.165, 1.54) is 18.3 Å². The molecule has 0 bridgehead atoms. The molecule has 6 heteroatoms. The average Bonchev–Trinajstić information content (AvgIpc) is 2.42. The van der Waals surface area contributed by atoms with E-state index < -0.39 is 4.92 Å². The molecule has 20 heavy (non-hydrogen) atoms. The van der Waals surface area contributed by atoms with Crippen molar-refractivity contribution in [2.24, 2.45) is 5.10 Å². The molecule has 0 heterocycles. The number of benzene rings is 2. The Kier molecular flexibility index (Phi) is 4.32. The summed E-state index contributed by atoms with van der Waals surface area (Å²) in [4.78, 5) is 10.2. The molecule has 0 unspecified atom stereocenters. The van der Waals surface area contributed by atoms with Gasteiger partial charge in [-0.1, -0.05) is 35.4 Å². The molecule has 0 fully saturated rings. The lowest BCUT2D eigenvalue weighted by Crippen LogP contribution is -1.93. The van der Waals surface area contributed by atoms with Gasteiger partial charge in [-0.15, -0.1) is 0 Å². The number of hydrogen-bond donors (Lipinski definition) is 1. The molecule has 2 aromatic rings. The SMILES string of the molecule is Cc1ccc(N/N=C/c2ccc(Cl)c([N+](=O)[O-])c2)cc1. The molecule has 0 saturated heterocycles. The topological polar surface area (TPSA) is 67.5 Å². The van der Waals surface area contributed by atoms with Crippen LogP contribution in [0, 0.1) is 17.0 Å². The molecular weight excluding hydrogens is 278 g/mol. The highest BCUT2D eigenvalue weighted by Gasteiger charge is 2.11. The van der Waals surface area contributed by atoms with Crippen LogP contribution >= 0.6 is 11.6 Å². The second-order valence-corrected chi connectivity index (χ2v) is 4.61. The minimum Gasteiger partial charge on any atom is -0.279 e. The predicted octanol–water partition coefficient (Wildman–Crippen LogP) is 4.00. The molecule has 2 aromatic carbocycles. The second-order valence-electron chi connectivity index (χ2n) is 4.20. The maximum Gasteiger partial charge on any atom is 0.288 e. The fraction of sp³-hybridized carbons (Fsp3) is 0.0714. The standard InChI is InChI=1S/C14H12ClN3O2/c1-10-2-5-12(6-3-10)17-16-9-11-4-7-13(15)14(8-11)18(19)20/h2-9,17H,1H3/b16-9+. The van der Waals surface area contributed by atoms with Crippen molar-refractivity contribution in [3.8, 4) is 0 Å². The van der Waals surface area contributed by atoms with E-state index in [0.717, 1.165) is 11.3 Å². The Bertz CT molecular complexity index is 654. The number of nitro groups is 1. The summed E-state index contributed by atoms with van der Waals surface area (Å²) in [5.74, 6) is 0. The van der Waals surface area contributed by atoms with Crippen molar-refractivity contribution < 1.29 is 4.92 Å². The Hall–Kier alpha value is -2.40. The highest BCUT2D eigenvalue weighted by atomic mass is 35.5.